The van der Waals surface area contributed by atoms with Gasteiger partial charge in [-0.3, -0.25) is 4.99 Å². The molecule has 0 unspecified atom stereocenters. The average molecular weight is 388 g/mol. The fourth-order valence-corrected chi connectivity index (χ4v) is 8.50. The van der Waals surface area contributed by atoms with E-state index in [0.717, 1.165) is 54.9 Å². The molecule has 0 spiro atoms. The molecule has 0 aromatic rings. The second-order valence-electron chi connectivity index (χ2n) is 11.2. The van der Waals surface area contributed by atoms with Crippen LogP contribution in [-0.4, -0.2) is 29.7 Å². The average Bonchev–Trinajstić information content (AvgIpc) is 3.01. The minimum absolute atomic E-state index is 0.403. The molecule has 158 valence electrons. The number of hydrogen-bond acceptors (Lipinski definition) is 4. The molecule has 4 rings (SSSR count). The molecule has 4 nitrogen and oxygen atoms in total. The second-order valence-corrected chi connectivity index (χ2v) is 11.2. The molecule has 0 aliphatic heterocycles. The molecule has 4 fully saturated rings. The molecule has 4 heteroatoms. The zero-order valence-corrected chi connectivity index (χ0v) is 18.2. The quantitative estimate of drug-likeness (QED) is 0.418. The van der Waals surface area contributed by atoms with Crippen LogP contribution in [0.4, 0.5) is 0 Å². The minimum atomic E-state index is -0.403. The Labute approximate surface area is 171 Å². The molecule has 0 amide bonds. The van der Waals surface area contributed by atoms with Gasteiger partial charge in [0.2, 0.25) is 0 Å². The van der Waals surface area contributed by atoms with Crippen LogP contribution in [-0.2, 0) is 0 Å². The van der Waals surface area contributed by atoms with Crippen molar-refractivity contribution in [1.82, 2.24) is 0 Å². The van der Waals surface area contributed by atoms with Crippen LogP contribution >= 0.6 is 0 Å². The zero-order chi connectivity index (χ0) is 19.9. The molecule has 4 saturated carbocycles. The molecule has 0 aromatic heterocycles. The van der Waals surface area contributed by atoms with E-state index in [9.17, 15) is 5.11 Å². The highest BCUT2D eigenvalue weighted by Crippen LogP contribution is 2.65. The monoisotopic (exact) mass is 387 g/mol. The van der Waals surface area contributed by atoms with Gasteiger partial charge in [0.1, 0.15) is 0 Å². The van der Waals surface area contributed by atoms with Crippen molar-refractivity contribution in [3.05, 3.63) is 0 Å². The van der Waals surface area contributed by atoms with Crippen LogP contribution in [0.25, 0.3) is 0 Å². The summed E-state index contributed by atoms with van der Waals surface area (Å²) in [7, 11) is 0. The van der Waals surface area contributed by atoms with E-state index in [1.807, 2.05) is 0 Å². The Morgan fingerprint density at radius 1 is 1.00 bits per heavy atom. The summed E-state index contributed by atoms with van der Waals surface area (Å²) in [4.78, 5) is 4.55. The number of aliphatic imine (C=N–C) groups is 1. The molecule has 9 atom stereocenters. The molecular formula is C24H41N3O. The largest absolute Gasteiger partial charge is 0.390 e. The predicted octanol–water partition coefficient (Wildman–Crippen LogP) is 4.66. The number of nitrogens with zero attached hydrogens (tertiary/aromatic N) is 2. The van der Waals surface area contributed by atoms with Crippen molar-refractivity contribution < 1.29 is 5.11 Å². The van der Waals surface area contributed by atoms with E-state index in [0.29, 0.717) is 11.3 Å². The molecule has 3 N–H and O–H groups in total. The van der Waals surface area contributed by atoms with E-state index in [4.69, 9.17) is 5.84 Å². The number of aliphatic hydroxyl groups is 1. The zero-order valence-electron chi connectivity index (χ0n) is 18.2. The van der Waals surface area contributed by atoms with Crippen LogP contribution in [0.2, 0.25) is 0 Å². The lowest BCUT2D eigenvalue weighted by molar-refractivity contribution is -0.102. The molecular weight excluding hydrogens is 346 g/mol. The summed E-state index contributed by atoms with van der Waals surface area (Å²) in [5.41, 5.74) is 0.102. The third kappa shape index (κ3) is 3.55. The Morgan fingerprint density at radius 2 is 1.79 bits per heavy atom. The van der Waals surface area contributed by atoms with Crippen LogP contribution < -0.4 is 5.84 Å². The van der Waals surface area contributed by atoms with Crippen LogP contribution in [0.15, 0.2) is 10.1 Å². The van der Waals surface area contributed by atoms with E-state index in [1.165, 1.54) is 44.9 Å². The highest BCUT2D eigenvalue weighted by atomic mass is 16.3. The Hall–Kier alpha value is -0.900. The Bertz CT molecular complexity index is 615. The lowest BCUT2D eigenvalue weighted by Gasteiger charge is -2.57. The maximum absolute atomic E-state index is 10.6. The maximum atomic E-state index is 10.6. The van der Waals surface area contributed by atoms with E-state index >= 15 is 0 Å². The number of fused-ring (bicyclic) bond motifs is 5. The maximum Gasteiger partial charge on any atom is 0.0644 e. The Balaban J connectivity index is 1.45. The number of nitrogens with two attached hydrogens (primary N) is 1. The van der Waals surface area contributed by atoms with Gasteiger partial charge < -0.3 is 10.9 Å². The fourth-order valence-electron chi connectivity index (χ4n) is 8.50. The molecule has 4 aliphatic rings. The highest BCUT2D eigenvalue weighted by molar-refractivity contribution is 6.15. The van der Waals surface area contributed by atoms with Gasteiger partial charge in [-0.25, -0.2) is 0 Å². The first-order valence-corrected chi connectivity index (χ1v) is 11.8. The van der Waals surface area contributed by atoms with Crippen molar-refractivity contribution in [2.24, 2.45) is 62.8 Å². The summed E-state index contributed by atoms with van der Waals surface area (Å²) in [5, 5.41) is 14.1. The summed E-state index contributed by atoms with van der Waals surface area (Å²) >= 11 is 0. The van der Waals surface area contributed by atoms with Crippen molar-refractivity contribution in [2.75, 3.05) is 6.54 Å². The molecule has 0 aromatic carbocycles. The SMILES string of the molecule is C[C@@H](CN=CC=NN)[C@H]1CC[C@H]2[C@@H]3CC[C@H]4C[C@](C)(O)CC[C@@H]4[C@H]3CC[C@]12C. The van der Waals surface area contributed by atoms with E-state index < -0.39 is 5.60 Å². The first-order chi connectivity index (χ1) is 13.4. The molecule has 0 saturated heterocycles. The smallest absolute Gasteiger partial charge is 0.0644 e. The number of hydrazone groups is 1. The van der Waals surface area contributed by atoms with Crippen molar-refractivity contribution >= 4 is 12.4 Å². The van der Waals surface area contributed by atoms with Gasteiger partial charge in [0.05, 0.1) is 11.8 Å². The van der Waals surface area contributed by atoms with Crippen LogP contribution in [0.5, 0.6) is 0 Å². The van der Waals surface area contributed by atoms with Crippen LogP contribution in [0.1, 0.15) is 78.6 Å². The lowest BCUT2D eigenvalue weighted by Crippen LogP contribution is -2.51. The minimum Gasteiger partial charge on any atom is -0.390 e. The van der Waals surface area contributed by atoms with E-state index in [-0.39, 0.29) is 0 Å². The lowest BCUT2D eigenvalue weighted by atomic mass is 9.48. The van der Waals surface area contributed by atoms with Gasteiger partial charge in [-0.05, 0) is 112 Å². The van der Waals surface area contributed by atoms with Gasteiger partial charge in [0.15, 0.2) is 0 Å². The topological polar surface area (TPSA) is 71.0 Å². The summed E-state index contributed by atoms with van der Waals surface area (Å²) < 4.78 is 0. The highest BCUT2D eigenvalue weighted by Gasteiger charge is 2.58. The molecule has 28 heavy (non-hydrogen) atoms. The summed E-state index contributed by atoms with van der Waals surface area (Å²) in [6.07, 6.45) is 15.1. The first-order valence-electron chi connectivity index (χ1n) is 11.8. The molecule has 0 radical (unpaired) electrons. The summed E-state index contributed by atoms with van der Waals surface area (Å²) in [6, 6.07) is 0. The normalized spacial score (nSPS) is 49.7. The summed E-state index contributed by atoms with van der Waals surface area (Å²) in [6.45, 7) is 7.98. The van der Waals surface area contributed by atoms with Crippen molar-refractivity contribution in [2.45, 2.75) is 84.2 Å². The molecule has 0 heterocycles. The van der Waals surface area contributed by atoms with E-state index in [1.54, 1.807) is 12.4 Å². The summed E-state index contributed by atoms with van der Waals surface area (Å²) in [5.74, 6) is 11.1. The Kier molecular flexibility index (Phi) is 5.63. The van der Waals surface area contributed by atoms with Crippen molar-refractivity contribution in [1.29, 1.82) is 0 Å². The van der Waals surface area contributed by atoms with Crippen LogP contribution in [0.3, 0.4) is 0 Å². The molecule has 0 bridgehead atoms. The number of hydrogen-bond donors (Lipinski definition) is 2. The van der Waals surface area contributed by atoms with Gasteiger partial charge in [-0.15, -0.1) is 0 Å². The standard InChI is InChI=1S/C24H41N3O/c1-16(15-26-12-13-27-25)21-6-7-22-20-5-4-17-14-23(2,28)10-8-18(17)19(20)9-11-24(21,22)3/h12-13,16-22,28H,4-11,14-15,25H2,1-3H3/t16-,17-,18-,19+,20+,21+,22-,23+,24+/m0/s1. The van der Waals surface area contributed by atoms with E-state index in [2.05, 4.69) is 30.9 Å². The van der Waals surface area contributed by atoms with Gasteiger partial charge in [0.25, 0.3) is 0 Å². The van der Waals surface area contributed by atoms with Gasteiger partial charge in [0, 0.05) is 12.8 Å². The van der Waals surface area contributed by atoms with Gasteiger partial charge in [-0.1, -0.05) is 13.8 Å². The second kappa shape index (κ2) is 7.74. The predicted molar refractivity (Wildman–Crippen MR) is 116 cm³/mol. The third-order valence-corrected chi connectivity index (χ3v) is 9.65. The third-order valence-electron chi connectivity index (χ3n) is 9.65. The van der Waals surface area contributed by atoms with Crippen LogP contribution in [0, 0.1) is 46.8 Å². The molecule has 4 aliphatic carbocycles. The van der Waals surface area contributed by atoms with Crippen molar-refractivity contribution in [3.63, 3.8) is 0 Å². The van der Waals surface area contributed by atoms with Crippen molar-refractivity contribution in [3.8, 4) is 0 Å². The van der Waals surface area contributed by atoms with Gasteiger partial charge in [-0.2, -0.15) is 5.10 Å². The fraction of sp³-hybridized carbons (Fsp3) is 0.917. The van der Waals surface area contributed by atoms with Gasteiger partial charge >= 0.3 is 0 Å². The Morgan fingerprint density at radius 3 is 2.57 bits per heavy atom. The number of rotatable bonds is 4. The first kappa shape index (κ1) is 20.4.